The molecule has 0 amide bonds. The third-order valence-corrected chi connectivity index (χ3v) is 3.14. The molecule has 0 atom stereocenters. The van der Waals surface area contributed by atoms with Gasteiger partial charge in [0.25, 0.3) is 0 Å². The average Bonchev–Trinajstić information content (AvgIpc) is 2.77. The highest BCUT2D eigenvalue weighted by molar-refractivity contribution is 5.92. The van der Waals surface area contributed by atoms with Gasteiger partial charge in [-0.3, -0.25) is 0 Å². The molecule has 0 saturated carbocycles. The van der Waals surface area contributed by atoms with Gasteiger partial charge in [0.05, 0.1) is 18.8 Å². The first-order chi connectivity index (χ1) is 14.7. The molecule has 31 heavy (non-hydrogen) atoms. The standard InChI is InChI=1S/C15H18O2.C5H8O3.C4H6O2/c1-3-4-12-17-15(16)13(2)10-11-14-8-6-5-7-9-14;1-2-5(7)8-4-3-6;1-3(2)4(5)6/h5-11H,2-4,12H2,1H3;2,6H,1,3-4H2;1H2,2H3,(H,5,6). The smallest absolute Gasteiger partial charge is 0.337 e. The molecule has 7 heteroatoms. The number of aliphatic hydroxyl groups excluding tert-OH is 1. The monoisotopic (exact) mass is 432 g/mol. The van der Waals surface area contributed by atoms with Gasteiger partial charge in [0, 0.05) is 11.6 Å². The predicted molar refractivity (Wildman–Crippen MR) is 121 cm³/mol. The summed E-state index contributed by atoms with van der Waals surface area (Å²) >= 11 is 0. The number of carbonyl (C=O) groups excluding carboxylic acids is 2. The van der Waals surface area contributed by atoms with Crippen LogP contribution in [0.3, 0.4) is 0 Å². The molecule has 0 aliphatic carbocycles. The lowest BCUT2D eigenvalue weighted by Gasteiger charge is -2.02. The molecule has 2 N–H and O–H groups in total. The van der Waals surface area contributed by atoms with Crippen molar-refractivity contribution in [3.05, 3.63) is 78.9 Å². The second-order valence-corrected chi connectivity index (χ2v) is 5.94. The van der Waals surface area contributed by atoms with E-state index in [1.54, 1.807) is 6.08 Å². The summed E-state index contributed by atoms with van der Waals surface area (Å²) in [5.74, 6) is -1.78. The maximum atomic E-state index is 11.5. The quantitative estimate of drug-likeness (QED) is 0.249. The van der Waals surface area contributed by atoms with E-state index in [0.717, 1.165) is 24.5 Å². The van der Waals surface area contributed by atoms with Gasteiger partial charge < -0.3 is 19.7 Å². The molecule has 1 aromatic rings. The van der Waals surface area contributed by atoms with Crippen LogP contribution in [0, 0.1) is 0 Å². The van der Waals surface area contributed by atoms with E-state index in [1.165, 1.54) is 6.92 Å². The zero-order chi connectivity index (χ0) is 24.1. The Morgan fingerprint density at radius 3 is 2.10 bits per heavy atom. The molecule has 170 valence electrons. The Labute approximate surface area is 184 Å². The molecule has 0 spiro atoms. The molecule has 0 heterocycles. The Balaban J connectivity index is 0. The van der Waals surface area contributed by atoms with E-state index in [2.05, 4.69) is 31.4 Å². The highest BCUT2D eigenvalue weighted by Gasteiger charge is 2.04. The lowest BCUT2D eigenvalue weighted by atomic mass is 10.2. The number of rotatable bonds is 10. The summed E-state index contributed by atoms with van der Waals surface area (Å²) in [6.45, 7) is 13.9. The summed E-state index contributed by atoms with van der Waals surface area (Å²) in [6.07, 6.45) is 6.49. The summed E-state index contributed by atoms with van der Waals surface area (Å²) < 4.78 is 9.38. The van der Waals surface area contributed by atoms with E-state index >= 15 is 0 Å². The largest absolute Gasteiger partial charge is 0.478 e. The van der Waals surface area contributed by atoms with Crippen LogP contribution in [0.4, 0.5) is 0 Å². The Morgan fingerprint density at radius 1 is 1.06 bits per heavy atom. The fraction of sp³-hybridized carbons (Fsp3) is 0.292. The van der Waals surface area contributed by atoms with Crippen molar-refractivity contribution < 1.29 is 34.1 Å². The first kappa shape index (κ1) is 29.7. The van der Waals surface area contributed by atoms with Crippen molar-refractivity contribution in [1.82, 2.24) is 0 Å². The molecule has 0 unspecified atom stereocenters. The number of esters is 2. The van der Waals surface area contributed by atoms with Crippen molar-refractivity contribution in [2.75, 3.05) is 19.8 Å². The molecule has 0 radical (unpaired) electrons. The highest BCUT2D eigenvalue weighted by Crippen LogP contribution is 2.05. The molecule has 0 fully saturated rings. The number of aliphatic carboxylic acids is 1. The summed E-state index contributed by atoms with van der Waals surface area (Å²) in [6, 6.07) is 9.77. The number of ether oxygens (including phenoxy) is 2. The third-order valence-electron chi connectivity index (χ3n) is 3.14. The van der Waals surface area contributed by atoms with E-state index < -0.39 is 11.9 Å². The topological polar surface area (TPSA) is 110 Å². The second kappa shape index (κ2) is 19.8. The molecular formula is C24H32O7. The van der Waals surface area contributed by atoms with E-state index in [1.807, 2.05) is 36.4 Å². The van der Waals surface area contributed by atoms with E-state index in [9.17, 15) is 14.4 Å². The van der Waals surface area contributed by atoms with Crippen molar-refractivity contribution in [3.8, 4) is 0 Å². The van der Waals surface area contributed by atoms with Crippen molar-refractivity contribution >= 4 is 24.0 Å². The van der Waals surface area contributed by atoms with Crippen LogP contribution >= 0.6 is 0 Å². The number of benzene rings is 1. The maximum absolute atomic E-state index is 11.5. The summed E-state index contributed by atoms with van der Waals surface area (Å²) in [4.78, 5) is 31.2. The van der Waals surface area contributed by atoms with Crippen LogP contribution in [0.25, 0.3) is 6.08 Å². The minimum absolute atomic E-state index is 0.0465. The summed E-state index contributed by atoms with van der Waals surface area (Å²) in [7, 11) is 0. The number of hydrogen-bond donors (Lipinski definition) is 2. The van der Waals surface area contributed by atoms with Gasteiger partial charge in [-0.2, -0.15) is 0 Å². The number of carboxylic acid groups (broad SMARTS) is 1. The van der Waals surface area contributed by atoms with Crippen molar-refractivity contribution in [3.63, 3.8) is 0 Å². The molecule has 0 aliphatic heterocycles. The van der Waals surface area contributed by atoms with Gasteiger partial charge >= 0.3 is 17.9 Å². The molecule has 0 aliphatic rings. The van der Waals surface area contributed by atoms with Crippen molar-refractivity contribution in [2.24, 2.45) is 0 Å². The lowest BCUT2D eigenvalue weighted by Crippen LogP contribution is -2.06. The number of unbranched alkanes of at least 4 members (excludes halogenated alkanes) is 1. The Kier molecular flexibility index (Phi) is 19.0. The molecule has 0 aromatic heterocycles. The molecule has 0 bridgehead atoms. The van der Waals surface area contributed by atoms with Crippen LogP contribution in [-0.2, 0) is 23.9 Å². The zero-order valence-corrected chi connectivity index (χ0v) is 18.2. The van der Waals surface area contributed by atoms with Crippen LogP contribution < -0.4 is 0 Å². The predicted octanol–water partition coefficient (Wildman–Crippen LogP) is 3.95. The van der Waals surface area contributed by atoms with E-state index in [0.29, 0.717) is 12.2 Å². The Hall–Kier alpha value is -3.45. The van der Waals surface area contributed by atoms with Gasteiger partial charge in [-0.1, -0.05) is 69.5 Å². The number of carbonyl (C=O) groups is 3. The third kappa shape index (κ3) is 19.6. The minimum Gasteiger partial charge on any atom is -0.478 e. The average molecular weight is 433 g/mol. The fourth-order valence-corrected chi connectivity index (χ4v) is 1.44. The lowest BCUT2D eigenvalue weighted by molar-refractivity contribution is -0.139. The van der Waals surface area contributed by atoms with Crippen LogP contribution in [0.15, 0.2) is 73.4 Å². The van der Waals surface area contributed by atoms with Crippen LogP contribution in [0.2, 0.25) is 0 Å². The molecular weight excluding hydrogens is 400 g/mol. The SMILES string of the molecule is C=C(C)C(=O)O.C=C(C=Cc1ccccc1)C(=O)OCCCC.C=CC(=O)OCCO. The highest BCUT2D eigenvalue weighted by atomic mass is 16.5. The van der Waals surface area contributed by atoms with Gasteiger partial charge in [0.1, 0.15) is 6.61 Å². The maximum Gasteiger partial charge on any atom is 0.337 e. The van der Waals surface area contributed by atoms with Gasteiger partial charge in [-0.05, 0) is 25.0 Å². The second-order valence-electron chi connectivity index (χ2n) is 5.94. The van der Waals surface area contributed by atoms with Crippen molar-refractivity contribution in [2.45, 2.75) is 26.7 Å². The first-order valence-corrected chi connectivity index (χ1v) is 9.57. The summed E-state index contributed by atoms with van der Waals surface area (Å²) in [5, 5.41) is 16.0. The van der Waals surface area contributed by atoms with Gasteiger partial charge in [-0.15, -0.1) is 0 Å². The Morgan fingerprint density at radius 2 is 1.65 bits per heavy atom. The molecule has 0 saturated heterocycles. The van der Waals surface area contributed by atoms with Crippen LogP contribution in [0.1, 0.15) is 32.3 Å². The molecule has 1 aromatic carbocycles. The Bertz CT molecular complexity index is 722. The molecule has 7 nitrogen and oxygen atoms in total. The van der Waals surface area contributed by atoms with Gasteiger partial charge in [-0.25, -0.2) is 14.4 Å². The fourth-order valence-electron chi connectivity index (χ4n) is 1.44. The van der Waals surface area contributed by atoms with Crippen LogP contribution in [-0.4, -0.2) is 47.9 Å². The first-order valence-electron chi connectivity index (χ1n) is 9.57. The van der Waals surface area contributed by atoms with Crippen LogP contribution in [0.5, 0.6) is 0 Å². The van der Waals surface area contributed by atoms with Gasteiger partial charge in [0.15, 0.2) is 0 Å². The molecule has 1 rings (SSSR count). The van der Waals surface area contributed by atoms with Crippen molar-refractivity contribution in [1.29, 1.82) is 0 Å². The summed E-state index contributed by atoms with van der Waals surface area (Å²) in [5.41, 5.74) is 1.59. The number of carboxylic acids is 1. The van der Waals surface area contributed by atoms with E-state index in [4.69, 9.17) is 14.9 Å². The zero-order valence-electron chi connectivity index (χ0n) is 18.2. The number of hydrogen-bond acceptors (Lipinski definition) is 6. The number of aliphatic hydroxyl groups is 1. The normalized spacial score (nSPS) is 9.26. The van der Waals surface area contributed by atoms with Gasteiger partial charge in [0.2, 0.25) is 0 Å². The van der Waals surface area contributed by atoms with E-state index in [-0.39, 0.29) is 24.8 Å². The minimum atomic E-state index is -0.935.